The molecule has 0 aliphatic carbocycles. The molecule has 0 amide bonds. The number of ether oxygens (including phenoxy) is 1. The van der Waals surface area contributed by atoms with E-state index < -0.39 is 0 Å². The molecule has 1 unspecified atom stereocenters. The number of Topliss-reactive ketones (excluding diaryl/α,β-unsaturated/α-hetero) is 1. The Morgan fingerprint density at radius 2 is 1.46 bits per heavy atom. The van der Waals surface area contributed by atoms with Crippen molar-refractivity contribution in [3.8, 4) is 17.6 Å². The molecule has 2 aromatic rings. The topological polar surface area (TPSA) is 26.3 Å². The summed E-state index contributed by atoms with van der Waals surface area (Å²) in [7, 11) is 0. The minimum atomic E-state index is -0.198. The number of carbonyl (C=O) groups is 1. The molecule has 136 valence electrons. The van der Waals surface area contributed by atoms with E-state index in [0.717, 1.165) is 23.3 Å². The Balaban J connectivity index is 1.98. The molecule has 2 heteroatoms. The summed E-state index contributed by atoms with van der Waals surface area (Å²) in [6, 6.07) is 16.1. The Morgan fingerprint density at radius 1 is 0.962 bits per heavy atom. The molecule has 0 N–H and O–H groups in total. The van der Waals surface area contributed by atoms with Gasteiger partial charge in [0.15, 0.2) is 0 Å². The van der Waals surface area contributed by atoms with Crippen molar-refractivity contribution >= 4 is 5.78 Å². The number of carbonyl (C=O) groups excluding carboxylic acids is 1. The van der Waals surface area contributed by atoms with Crippen LogP contribution in [0.1, 0.15) is 57.7 Å². The van der Waals surface area contributed by atoms with E-state index in [9.17, 15) is 4.79 Å². The van der Waals surface area contributed by atoms with E-state index in [0.29, 0.717) is 12.3 Å². The number of hydrogen-bond acceptors (Lipinski definition) is 2. The van der Waals surface area contributed by atoms with Gasteiger partial charge in [-0.2, -0.15) is 0 Å². The van der Waals surface area contributed by atoms with Crippen LogP contribution in [0.2, 0.25) is 0 Å². The number of ketones is 1. The van der Waals surface area contributed by atoms with Crippen LogP contribution < -0.4 is 4.74 Å². The summed E-state index contributed by atoms with van der Waals surface area (Å²) in [5, 5.41) is 0. The van der Waals surface area contributed by atoms with Crippen molar-refractivity contribution in [1.29, 1.82) is 0 Å². The zero-order chi connectivity index (χ0) is 19.2. The Kier molecular flexibility index (Phi) is 6.64. The summed E-state index contributed by atoms with van der Waals surface area (Å²) in [4.78, 5) is 11.2. The zero-order valence-electron chi connectivity index (χ0n) is 16.4. The van der Waals surface area contributed by atoms with Gasteiger partial charge in [-0.05, 0) is 82.0 Å². The summed E-state index contributed by atoms with van der Waals surface area (Å²) in [6.45, 7) is 9.86. The maximum Gasteiger partial charge on any atom is 0.130 e. The predicted octanol–water partition coefficient (Wildman–Crippen LogP) is 5.42. The maximum atomic E-state index is 11.2. The lowest BCUT2D eigenvalue weighted by Gasteiger charge is -2.21. The molecule has 2 rings (SSSR count). The lowest BCUT2D eigenvalue weighted by atomic mass is 9.96. The van der Waals surface area contributed by atoms with Crippen LogP contribution in [0.3, 0.4) is 0 Å². The highest BCUT2D eigenvalue weighted by Gasteiger charge is 2.11. The fourth-order valence-electron chi connectivity index (χ4n) is 2.79. The van der Waals surface area contributed by atoms with Crippen molar-refractivity contribution in [2.75, 3.05) is 0 Å². The van der Waals surface area contributed by atoms with Gasteiger partial charge in [-0.3, -0.25) is 0 Å². The van der Waals surface area contributed by atoms with Gasteiger partial charge in [0.2, 0.25) is 0 Å². The van der Waals surface area contributed by atoms with Gasteiger partial charge in [0.25, 0.3) is 0 Å². The molecule has 1 atom stereocenters. The van der Waals surface area contributed by atoms with E-state index in [1.54, 1.807) is 6.92 Å². The quantitative estimate of drug-likeness (QED) is 0.674. The van der Waals surface area contributed by atoms with Gasteiger partial charge in [-0.25, -0.2) is 0 Å². The minimum absolute atomic E-state index is 0.198. The van der Waals surface area contributed by atoms with Crippen LogP contribution in [-0.4, -0.2) is 11.4 Å². The lowest BCUT2D eigenvalue weighted by molar-refractivity contribution is -0.117. The first-order valence-electron chi connectivity index (χ1n) is 9.11. The first-order valence-corrected chi connectivity index (χ1v) is 9.11. The highest BCUT2D eigenvalue weighted by atomic mass is 16.5. The van der Waals surface area contributed by atoms with Crippen LogP contribution >= 0.6 is 0 Å². The van der Waals surface area contributed by atoms with E-state index in [2.05, 4.69) is 30.9 Å². The number of rotatable bonds is 5. The average molecular weight is 348 g/mol. The molecule has 0 saturated carbocycles. The van der Waals surface area contributed by atoms with Crippen molar-refractivity contribution < 1.29 is 9.53 Å². The molecule has 0 aliphatic rings. The molecule has 0 fully saturated rings. The van der Waals surface area contributed by atoms with E-state index in [1.165, 1.54) is 5.56 Å². The van der Waals surface area contributed by atoms with Crippen LogP contribution in [0.25, 0.3) is 0 Å². The summed E-state index contributed by atoms with van der Waals surface area (Å²) in [5.41, 5.74) is 3.00. The molecule has 0 aliphatic heterocycles. The van der Waals surface area contributed by atoms with E-state index in [4.69, 9.17) is 4.74 Å². The Morgan fingerprint density at radius 3 is 1.92 bits per heavy atom. The van der Waals surface area contributed by atoms with Crippen molar-refractivity contribution in [3.63, 3.8) is 0 Å². The third-order valence-electron chi connectivity index (χ3n) is 3.80. The minimum Gasteiger partial charge on any atom is -0.488 e. The second-order valence-electron chi connectivity index (χ2n) is 7.90. The van der Waals surface area contributed by atoms with Gasteiger partial charge in [-0.1, -0.05) is 30.9 Å². The molecule has 0 radical (unpaired) electrons. The van der Waals surface area contributed by atoms with Gasteiger partial charge < -0.3 is 9.53 Å². The summed E-state index contributed by atoms with van der Waals surface area (Å²) in [5.74, 6) is 7.86. The van der Waals surface area contributed by atoms with Gasteiger partial charge >= 0.3 is 0 Å². The maximum absolute atomic E-state index is 11.2. The van der Waals surface area contributed by atoms with E-state index >= 15 is 0 Å². The zero-order valence-corrected chi connectivity index (χ0v) is 16.4. The third-order valence-corrected chi connectivity index (χ3v) is 3.80. The Hall–Kier alpha value is -2.53. The van der Waals surface area contributed by atoms with Crippen molar-refractivity contribution in [2.24, 2.45) is 5.92 Å². The molecule has 0 bridgehead atoms. The molecular weight excluding hydrogens is 320 g/mol. The van der Waals surface area contributed by atoms with Crippen LogP contribution in [-0.2, 0) is 11.2 Å². The lowest BCUT2D eigenvalue weighted by Crippen LogP contribution is -2.22. The second-order valence-corrected chi connectivity index (χ2v) is 7.90. The largest absolute Gasteiger partial charge is 0.488 e. The molecule has 2 aromatic carbocycles. The van der Waals surface area contributed by atoms with Crippen LogP contribution in [0.5, 0.6) is 5.75 Å². The predicted molar refractivity (Wildman–Crippen MR) is 107 cm³/mol. The van der Waals surface area contributed by atoms with Crippen molar-refractivity contribution in [3.05, 3.63) is 65.2 Å². The first-order chi connectivity index (χ1) is 12.2. The number of hydrogen-bond donors (Lipinski definition) is 0. The molecule has 0 saturated heterocycles. The molecule has 0 spiro atoms. The molecule has 0 aromatic heterocycles. The van der Waals surface area contributed by atoms with Crippen molar-refractivity contribution in [1.82, 2.24) is 0 Å². The highest BCUT2D eigenvalue weighted by molar-refractivity contribution is 5.75. The fraction of sp³-hybridized carbons (Fsp3) is 0.375. The number of benzene rings is 2. The summed E-state index contributed by atoms with van der Waals surface area (Å²) >= 11 is 0. The molecule has 26 heavy (non-hydrogen) atoms. The SMILES string of the molecule is CC(=O)CC(C)Cc1ccc(C#Cc2ccc(OC(C)(C)C)cc2)cc1. The van der Waals surface area contributed by atoms with Gasteiger partial charge in [0, 0.05) is 17.5 Å². The van der Waals surface area contributed by atoms with Gasteiger partial charge in [-0.15, -0.1) is 0 Å². The Bertz CT molecular complexity index is 781. The summed E-state index contributed by atoms with van der Waals surface area (Å²) < 4.78 is 5.82. The molecular formula is C24H28O2. The van der Waals surface area contributed by atoms with Crippen LogP contribution in [0, 0.1) is 17.8 Å². The average Bonchev–Trinajstić information content (AvgIpc) is 2.53. The second kappa shape index (κ2) is 8.72. The normalized spacial score (nSPS) is 12.0. The third kappa shape index (κ3) is 7.15. The standard InChI is InChI=1S/C24H28O2/c1-18(16-19(2)25)17-22-10-8-20(9-11-22)6-7-21-12-14-23(15-13-21)26-24(3,4)5/h8-15,18H,16-17H2,1-5H3. The monoisotopic (exact) mass is 348 g/mol. The molecule has 0 heterocycles. The highest BCUT2D eigenvalue weighted by Crippen LogP contribution is 2.18. The first kappa shape index (κ1) is 19.8. The van der Waals surface area contributed by atoms with Crippen molar-refractivity contribution in [2.45, 2.75) is 53.1 Å². The summed E-state index contributed by atoms with van der Waals surface area (Å²) in [6.07, 6.45) is 1.55. The molecule has 2 nitrogen and oxygen atoms in total. The smallest absolute Gasteiger partial charge is 0.130 e. The fourth-order valence-corrected chi connectivity index (χ4v) is 2.79. The van der Waals surface area contributed by atoms with Crippen LogP contribution in [0.4, 0.5) is 0 Å². The van der Waals surface area contributed by atoms with Crippen LogP contribution in [0.15, 0.2) is 48.5 Å². The van der Waals surface area contributed by atoms with Gasteiger partial charge in [0.1, 0.15) is 17.1 Å². The van der Waals surface area contributed by atoms with E-state index in [-0.39, 0.29) is 11.4 Å². The Labute approximate surface area is 157 Å². The van der Waals surface area contributed by atoms with Gasteiger partial charge in [0.05, 0.1) is 0 Å². The van der Waals surface area contributed by atoms with E-state index in [1.807, 2.05) is 57.2 Å².